The van der Waals surface area contributed by atoms with Crippen molar-refractivity contribution in [2.45, 2.75) is 6.42 Å². The maximum atomic E-state index is 8.87. The molecule has 16 heavy (non-hydrogen) atoms. The number of aliphatic hydroxyl groups excluding tert-OH is 1. The van der Waals surface area contributed by atoms with Gasteiger partial charge in [0.1, 0.15) is 5.82 Å². The second kappa shape index (κ2) is 4.80. The van der Waals surface area contributed by atoms with Gasteiger partial charge >= 0.3 is 0 Å². The first-order chi connectivity index (χ1) is 7.70. The zero-order chi connectivity index (χ0) is 11.5. The fraction of sp³-hybridized carbons (Fsp3) is 0.250. The van der Waals surface area contributed by atoms with Crippen molar-refractivity contribution >= 4 is 15.9 Å². The highest BCUT2D eigenvalue weighted by Crippen LogP contribution is 2.20. The van der Waals surface area contributed by atoms with Gasteiger partial charge in [-0.15, -0.1) is 0 Å². The van der Waals surface area contributed by atoms with Crippen LogP contribution in [0.4, 0.5) is 0 Å². The minimum absolute atomic E-state index is 0.136. The minimum atomic E-state index is 0.136. The Bertz CT molecular complexity index is 476. The molecular weight excluding hydrogens is 268 g/mol. The molecule has 4 heteroatoms. The first-order valence-electron chi connectivity index (χ1n) is 5.10. The summed E-state index contributed by atoms with van der Waals surface area (Å²) in [5.41, 5.74) is 2.00. The number of aryl methyl sites for hydroxylation is 1. The van der Waals surface area contributed by atoms with Gasteiger partial charge in [-0.3, -0.25) is 0 Å². The van der Waals surface area contributed by atoms with Crippen LogP contribution in [-0.4, -0.2) is 21.3 Å². The molecule has 84 valence electrons. The lowest BCUT2D eigenvalue weighted by molar-refractivity contribution is 0.298. The first-order valence-corrected chi connectivity index (χ1v) is 5.89. The highest BCUT2D eigenvalue weighted by Gasteiger charge is 2.06. The van der Waals surface area contributed by atoms with E-state index in [-0.39, 0.29) is 6.61 Å². The van der Waals surface area contributed by atoms with Gasteiger partial charge in [-0.1, -0.05) is 28.1 Å². The zero-order valence-corrected chi connectivity index (χ0v) is 10.6. The van der Waals surface area contributed by atoms with Crippen LogP contribution in [-0.2, 0) is 13.5 Å². The van der Waals surface area contributed by atoms with Gasteiger partial charge in [-0.25, -0.2) is 4.98 Å². The van der Waals surface area contributed by atoms with Crippen LogP contribution in [0.2, 0.25) is 0 Å². The van der Waals surface area contributed by atoms with Crippen LogP contribution in [0.3, 0.4) is 0 Å². The van der Waals surface area contributed by atoms with E-state index in [1.54, 1.807) is 0 Å². The number of benzene rings is 1. The van der Waals surface area contributed by atoms with Crippen LogP contribution < -0.4 is 0 Å². The Labute approximate surface area is 103 Å². The Kier molecular flexibility index (Phi) is 3.41. The molecule has 0 unspecified atom stereocenters. The monoisotopic (exact) mass is 280 g/mol. The highest BCUT2D eigenvalue weighted by molar-refractivity contribution is 9.10. The summed E-state index contributed by atoms with van der Waals surface area (Å²) in [6.07, 6.45) is 2.55. The normalized spacial score (nSPS) is 10.7. The highest BCUT2D eigenvalue weighted by atomic mass is 79.9. The predicted octanol–water partition coefficient (Wildman–Crippen LogP) is 2.38. The van der Waals surface area contributed by atoms with E-state index in [4.69, 9.17) is 5.11 Å². The molecule has 0 amide bonds. The van der Waals surface area contributed by atoms with E-state index in [1.807, 2.05) is 42.1 Å². The van der Waals surface area contributed by atoms with Crippen molar-refractivity contribution in [1.29, 1.82) is 0 Å². The van der Waals surface area contributed by atoms with Gasteiger partial charge in [0.2, 0.25) is 0 Å². The summed E-state index contributed by atoms with van der Waals surface area (Å²) < 4.78 is 3.04. The molecule has 1 aromatic carbocycles. The number of nitrogens with zero attached hydrogens (tertiary/aromatic N) is 2. The quantitative estimate of drug-likeness (QED) is 0.938. The van der Waals surface area contributed by atoms with Crippen LogP contribution in [0.5, 0.6) is 0 Å². The Hall–Kier alpha value is -1.13. The molecule has 0 bridgehead atoms. The van der Waals surface area contributed by atoms with Gasteiger partial charge in [0, 0.05) is 36.3 Å². The maximum absolute atomic E-state index is 8.87. The lowest BCUT2D eigenvalue weighted by Crippen LogP contribution is -1.90. The van der Waals surface area contributed by atoms with Gasteiger partial charge in [-0.05, 0) is 12.1 Å². The Morgan fingerprint density at radius 3 is 2.62 bits per heavy atom. The van der Waals surface area contributed by atoms with Crippen LogP contribution in [0, 0.1) is 0 Å². The van der Waals surface area contributed by atoms with Gasteiger partial charge in [0.15, 0.2) is 0 Å². The van der Waals surface area contributed by atoms with Crippen molar-refractivity contribution < 1.29 is 5.11 Å². The molecule has 0 fully saturated rings. The lowest BCUT2D eigenvalue weighted by Gasteiger charge is -2.00. The number of imidazole rings is 1. The molecule has 0 aliphatic heterocycles. The molecule has 0 saturated heterocycles. The van der Waals surface area contributed by atoms with E-state index in [0.29, 0.717) is 6.42 Å². The fourth-order valence-corrected chi connectivity index (χ4v) is 1.89. The molecule has 1 heterocycles. The summed E-state index contributed by atoms with van der Waals surface area (Å²) in [5.74, 6) is 0.927. The number of halogens is 1. The van der Waals surface area contributed by atoms with Crippen LogP contribution in [0.15, 0.2) is 34.9 Å². The molecule has 1 N–H and O–H groups in total. The molecule has 3 nitrogen and oxygen atoms in total. The summed E-state index contributed by atoms with van der Waals surface area (Å²) in [4.78, 5) is 4.49. The van der Waals surface area contributed by atoms with Crippen molar-refractivity contribution in [3.63, 3.8) is 0 Å². The maximum Gasteiger partial charge on any atom is 0.139 e. The molecule has 1 aromatic heterocycles. The molecule has 0 aliphatic carbocycles. The van der Waals surface area contributed by atoms with E-state index >= 15 is 0 Å². The molecule has 2 rings (SSSR count). The van der Waals surface area contributed by atoms with Gasteiger partial charge in [-0.2, -0.15) is 0 Å². The topological polar surface area (TPSA) is 38.0 Å². The molecule has 0 aliphatic rings. The van der Waals surface area contributed by atoms with Gasteiger partial charge in [0.25, 0.3) is 0 Å². The smallest absolute Gasteiger partial charge is 0.139 e. The molecule has 0 atom stereocenters. The summed E-state index contributed by atoms with van der Waals surface area (Å²) in [6, 6.07) is 8.04. The van der Waals surface area contributed by atoms with E-state index in [2.05, 4.69) is 20.9 Å². The number of aromatic nitrogens is 2. The van der Waals surface area contributed by atoms with Gasteiger partial charge < -0.3 is 9.67 Å². The average Bonchev–Trinajstić information content (AvgIpc) is 2.61. The number of aliphatic hydroxyl groups is 1. The van der Waals surface area contributed by atoms with Crippen molar-refractivity contribution in [2.75, 3.05) is 6.61 Å². The second-order valence-electron chi connectivity index (χ2n) is 3.65. The number of hydrogen-bond donors (Lipinski definition) is 1. The molecule has 2 aromatic rings. The summed E-state index contributed by atoms with van der Waals surface area (Å²) in [5, 5.41) is 8.87. The Balaban J connectivity index is 2.36. The largest absolute Gasteiger partial charge is 0.396 e. The SMILES string of the molecule is Cn1cc(CCO)nc1-c1ccc(Br)cc1. The van der Waals surface area contributed by atoms with E-state index in [0.717, 1.165) is 21.6 Å². The number of rotatable bonds is 3. The van der Waals surface area contributed by atoms with Crippen molar-refractivity contribution in [3.05, 3.63) is 40.6 Å². The molecule has 0 saturated carbocycles. The standard InChI is InChI=1S/C12H13BrN2O/c1-15-8-11(6-7-16)14-12(15)9-2-4-10(13)5-3-9/h2-5,8,16H,6-7H2,1H3. The van der Waals surface area contributed by atoms with E-state index < -0.39 is 0 Å². The Morgan fingerprint density at radius 1 is 1.31 bits per heavy atom. The third-order valence-corrected chi connectivity index (χ3v) is 2.93. The third kappa shape index (κ3) is 2.33. The van der Waals surface area contributed by atoms with E-state index in [9.17, 15) is 0 Å². The fourth-order valence-electron chi connectivity index (χ4n) is 1.63. The predicted molar refractivity (Wildman–Crippen MR) is 67.1 cm³/mol. The lowest BCUT2D eigenvalue weighted by atomic mass is 10.2. The van der Waals surface area contributed by atoms with Crippen molar-refractivity contribution in [1.82, 2.24) is 9.55 Å². The van der Waals surface area contributed by atoms with Gasteiger partial charge in [0.05, 0.1) is 5.69 Å². The number of hydrogen-bond acceptors (Lipinski definition) is 2. The van der Waals surface area contributed by atoms with Crippen molar-refractivity contribution in [3.8, 4) is 11.4 Å². The summed E-state index contributed by atoms with van der Waals surface area (Å²) >= 11 is 3.41. The second-order valence-corrected chi connectivity index (χ2v) is 4.56. The zero-order valence-electron chi connectivity index (χ0n) is 9.02. The molecule has 0 spiro atoms. The molecule has 0 radical (unpaired) electrons. The summed E-state index contributed by atoms with van der Waals surface area (Å²) in [6.45, 7) is 0.136. The van der Waals surface area contributed by atoms with Crippen LogP contribution in [0.1, 0.15) is 5.69 Å². The average molecular weight is 281 g/mol. The Morgan fingerprint density at radius 2 is 2.00 bits per heavy atom. The van der Waals surface area contributed by atoms with Crippen LogP contribution in [0.25, 0.3) is 11.4 Å². The first kappa shape index (κ1) is 11.4. The summed E-state index contributed by atoms with van der Waals surface area (Å²) in [7, 11) is 1.96. The molecular formula is C12H13BrN2O. The van der Waals surface area contributed by atoms with Crippen LogP contribution >= 0.6 is 15.9 Å². The third-order valence-electron chi connectivity index (χ3n) is 2.40. The minimum Gasteiger partial charge on any atom is -0.396 e. The van der Waals surface area contributed by atoms with E-state index in [1.165, 1.54) is 0 Å². The van der Waals surface area contributed by atoms with Crippen molar-refractivity contribution in [2.24, 2.45) is 7.05 Å².